The molecule has 0 saturated heterocycles. The minimum atomic E-state index is -0.302. The van der Waals surface area contributed by atoms with E-state index in [2.05, 4.69) is 26.2 Å². The summed E-state index contributed by atoms with van der Waals surface area (Å²) in [5.41, 5.74) is 3.51. The van der Waals surface area contributed by atoms with Gasteiger partial charge in [0.2, 0.25) is 0 Å². The van der Waals surface area contributed by atoms with Crippen LogP contribution in [0.2, 0.25) is 0 Å². The molecule has 0 spiro atoms. The summed E-state index contributed by atoms with van der Waals surface area (Å²) in [6.07, 6.45) is 0. The van der Waals surface area contributed by atoms with Crippen LogP contribution in [0.4, 0.5) is 8.78 Å². The van der Waals surface area contributed by atoms with Crippen LogP contribution >= 0.6 is 0 Å². The molecule has 0 saturated carbocycles. The second-order valence-corrected chi connectivity index (χ2v) is 9.58. The summed E-state index contributed by atoms with van der Waals surface area (Å²) in [7, 11) is 0. The van der Waals surface area contributed by atoms with Crippen molar-refractivity contribution in [3.63, 3.8) is 0 Å². The van der Waals surface area contributed by atoms with Gasteiger partial charge < -0.3 is 0 Å². The molecule has 0 aliphatic carbocycles. The van der Waals surface area contributed by atoms with Gasteiger partial charge in [0.05, 0.1) is 10.2 Å². The molecular formula is C34H16F2N4. The number of nitrogens with zero attached hydrogens (tertiary/aromatic N) is 4. The number of rotatable bonds is 2. The molecule has 0 amide bonds. The Balaban J connectivity index is 1.54. The highest BCUT2D eigenvalue weighted by atomic mass is 19.1. The summed E-state index contributed by atoms with van der Waals surface area (Å²) in [6, 6.07) is 28.6. The molecule has 0 heterocycles. The lowest BCUT2D eigenvalue weighted by molar-refractivity contribution is 0.627. The van der Waals surface area contributed by atoms with Gasteiger partial charge in [-0.15, -0.1) is 9.91 Å². The molecular weight excluding hydrogens is 502 g/mol. The van der Waals surface area contributed by atoms with Crippen molar-refractivity contribution < 1.29 is 8.78 Å². The highest BCUT2D eigenvalue weighted by Gasteiger charge is 2.18. The highest BCUT2D eigenvalue weighted by molar-refractivity contribution is 6.21. The lowest BCUT2D eigenvalue weighted by atomic mass is 10.0. The molecule has 0 atom stereocenters. The summed E-state index contributed by atoms with van der Waals surface area (Å²) >= 11 is 0. The third-order valence-electron chi connectivity index (χ3n) is 7.45. The van der Waals surface area contributed by atoms with Gasteiger partial charge in [0.1, 0.15) is 11.6 Å². The smallest absolute Gasteiger partial charge is 0.161 e. The molecule has 7 aromatic carbocycles. The zero-order valence-corrected chi connectivity index (χ0v) is 20.8. The zero-order valence-electron chi connectivity index (χ0n) is 20.8. The molecule has 0 N–H and O–H groups in total. The van der Waals surface area contributed by atoms with Crippen molar-refractivity contribution in [2.45, 2.75) is 0 Å². The molecule has 40 heavy (non-hydrogen) atoms. The van der Waals surface area contributed by atoms with Crippen molar-refractivity contribution in [2.75, 3.05) is 0 Å². The first-order chi connectivity index (χ1) is 19.6. The van der Waals surface area contributed by atoms with Gasteiger partial charge in [0.15, 0.2) is 10.7 Å². The lowest BCUT2D eigenvalue weighted by Crippen LogP contribution is -2.00. The van der Waals surface area contributed by atoms with Crippen LogP contribution in [0.25, 0.3) is 75.3 Å². The molecule has 0 unspecified atom stereocenters. The Hall–Kier alpha value is -5.72. The predicted octanol–water partition coefficient (Wildman–Crippen LogP) is 8.26. The summed E-state index contributed by atoms with van der Waals surface area (Å²) in [6.45, 7) is 15.0. The van der Waals surface area contributed by atoms with E-state index in [1.54, 1.807) is 24.3 Å². The Morgan fingerprint density at radius 3 is 1.15 bits per heavy atom. The van der Waals surface area contributed by atoms with Gasteiger partial charge in [-0.3, -0.25) is 0 Å². The van der Waals surface area contributed by atoms with Crippen LogP contribution in [0.3, 0.4) is 0 Å². The van der Waals surface area contributed by atoms with E-state index in [0.29, 0.717) is 10.7 Å². The molecule has 0 fully saturated rings. The SMILES string of the molecule is [C-]#[N+]/N=c1/c2cc(-c3ccc(F)cc3)ccc2c2cc3c(cc12)/c(=N/[N+]#[C-])c1cc(-c2ccc(F)cc2)ccc13. The number of halogens is 2. The maximum absolute atomic E-state index is 13.5. The van der Waals surface area contributed by atoms with Crippen LogP contribution < -0.4 is 10.7 Å². The Morgan fingerprint density at radius 1 is 0.400 bits per heavy atom. The van der Waals surface area contributed by atoms with Crippen molar-refractivity contribution in [3.05, 3.63) is 142 Å². The molecule has 0 aliphatic heterocycles. The average Bonchev–Trinajstić information content (AvgIpc) is 3.44. The molecule has 4 nitrogen and oxygen atoms in total. The van der Waals surface area contributed by atoms with E-state index in [-0.39, 0.29) is 11.6 Å². The van der Waals surface area contributed by atoms with Gasteiger partial charge in [-0.25, -0.2) is 8.78 Å². The minimum Gasteiger partial charge on any atom is -0.207 e. The molecule has 6 heteroatoms. The topological polar surface area (TPSA) is 33.4 Å². The third kappa shape index (κ3) is 3.55. The summed E-state index contributed by atoms with van der Waals surface area (Å²) < 4.78 is 27.0. The van der Waals surface area contributed by atoms with Gasteiger partial charge in [-0.1, -0.05) is 48.5 Å². The molecule has 0 aromatic heterocycles. The number of hydrogen-bond acceptors (Lipinski definition) is 2. The van der Waals surface area contributed by atoms with Crippen LogP contribution in [0.5, 0.6) is 0 Å². The summed E-state index contributed by atoms with van der Waals surface area (Å²) in [5, 5.41) is 16.5. The van der Waals surface area contributed by atoms with Crippen molar-refractivity contribution in [3.8, 4) is 22.3 Å². The number of fused-ring (bicyclic) bond motifs is 6. The van der Waals surface area contributed by atoms with Crippen molar-refractivity contribution in [1.29, 1.82) is 0 Å². The number of hydrogen-bond donors (Lipinski definition) is 0. The highest BCUT2D eigenvalue weighted by Crippen LogP contribution is 2.35. The fraction of sp³-hybridized carbons (Fsp3) is 0. The predicted molar refractivity (Wildman–Crippen MR) is 154 cm³/mol. The van der Waals surface area contributed by atoms with Crippen LogP contribution in [0, 0.1) is 24.8 Å². The van der Waals surface area contributed by atoms with E-state index in [1.807, 2.05) is 42.5 Å². The fourth-order valence-electron chi connectivity index (χ4n) is 5.64. The summed E-state index contributed by atoms with van der Waals surface area (Å²) in [5.74, 6) is -0.604. The Kier molecular flexibility index (Phi) is 5.23. The monoisotopic (exact) mass is 518 g/mol. The Morgan fingerprint density at radius 2 is 0.750 bits per heavy atom. The van der Waals surface area contributed by atoms with E-state index in [9.17, 15) is 8.78 Å². The largest absolute Gasteiger partial charge is 0.207 e. The summed E-state index contributed by atoms with van der Waals surface area (Å²) in [4.78, 5) is 6.70. The van der Waals surface area contributed by atoms with Crippen LogP contribution in [-0.4, -0.2) is 0 Å². The maximum atomic E-state index is 13.5. The zero-order chi connectivity index (χ0) is 27.4. The average molecular weight is 519 g/mol. The van der Waals surface area contributed by atoms with E-state index in [4.69, 9.17) is 13.1 Å². The quantitative estimate of drug-likeness (QED) is 0.163. The first kappa shape index (κ1) is 23.4. The molecule has 0 bridgehead atoms. The Bertz CT molecular complexity index is 2180. The molecule has 0 aliphatic rings. The lowest BCUT2D eigenvalue weighted by Gasteiger charge is -2.03. The Labute approximate surface area is 226 Å². The minimum absolute atomic E-state index is 0.302. The van der Waals surface area contributed by atoms with E-state index in [0.717, 1.165) is 65.3 Å². The van der Waals surface area contributed by atoms with E-state index in [1.165, 1.54) is 24.3 Å². The fourth-order valence-corrected chi connectivity index (χ4v) is 5.64. The van der Waals surface area contributed by atoms with Crippen LogP contribution in [0.1, 0.15) is 0 Å². The van der Waals surface area contributed by atoms with E-state index < -0.39 is 0 Å². The standard InChI is InChI=1S/C34H16F2N4/c1-37-39-33-29-15-21(19-3-9-23(35)10-4-19)7-13-25(29)27-17-28-26-14-8-22(20-5-11-24(36)12-6-20)16-30(26)34(40-38-2)32(28)18-31(27)33/h3-18H/b39-33-,40-34+. The van der Waals surface area contributed by atoms with E-state index >= 15 is 0 Å². The third-order valence-corrected chi connectivity index (χ3v) is 7.45. The normalized spacial score (nSPS) is 12.5. The molecule has 186 valence electrons. The van der Waals surface area contributed by atoms with Crippen molar-refractivity contribution >= 4 is 43.1 Å². The van der Waals surface area contributed by atoms with Crippen molar-refractivity contribution in [2.24, 2.45) is 10.2 Å². The molecule has 7 rings (SSSR count). The first-order valence-corrected chi connectivity index (χ1v) is 12.4. The molecule has 0 radical (unpaired) electrons. The van der Waals surface area contributed by atoms with Gasteiger partial charge in [0.25, 0.3) is 0 Å². The van der Waals surface area contributed by atoms with Gasteiger partial charge in [-0.05, 0) is 92.3 Å². The van der Waals surface area contributed by atoms with Gasteiger partial charge >= 0.3 is 0 Å². The van der Waals surface area contributed by atoms with Crippen LogP contribution in [-0.2, 0) is 0 Å². The first-order valence-electron chi connectivity index (χ1n) is 12.4. The second-order valence-electron chi connectivity index (χ2n) is 9.58. The second kappa shape index (κ2) is 8.94. The maximum Gasteiger partial charge on any atom is 0.161 e. The molecule has 7 aromatic rings. The van der Waals surface area contributed by atoms with Gasteiger partial charge in [0, 0.05) is 21.5 Å². The van der Waals surface area contributed by atoms with Gasteiger partial charge in [-0.2, -0.15) is 13.1 Å². The van der Waals surface area contributed by atoms with Crippen LogP contribution in [0.15, 0.2) is 107 Å². The van der Waals surface area contributed by atoms with Crippen molar-refractivity contribution in [1.82, 2.24) is 0 Å². The number of benzene rings is 5.